The number of fused-ring (bicyclic) bond motifs is 1. The van der Waals surface area contributed by atoms with E-state index in [1.54, 1.807) is 4.90 Å². The van der Waals surface area contributed by atoms with Gasteiger partial charge in [-0.3, -0.25) is 9.59 Å². The van der Waals surface area contributed by atoms with Crippen molar-refractivity contribution in [1.29, 1.82) is 0 Å². The van der Waals surface area contributed by atoms with Crippen LogP contribution in [0.1, 0.15) is 118 Å². The van der Waals surface area contributed by atoms with Crippen LogP contribution in [0, 0.1) is 17.8 Å². The molecule has 1 saturated carbocycles. The summed E-state index contributed by atoms with van der Waals surface area (Å²) in [6, 6.07) is 10.1. The number of aliphatic hydroxyl groups is 1. The van der Waals surface area contributed by atoms with Crippen LogP contribution in [0.5, 0.6) is 0 Å². The van der Waals surface area contributed by atoms with E-state index in [0.29, 0.717) is 34.8 Å². The fraction of sp³-hybridized carbons (Fsp3) is 0.512. The van der Waals surface area contributed by atoms with E-state index in [9.17, 15) is 14.7 Å². The molecule has 2 fully saturated rings. The first-order valence-electron chi connectivity index (χ1n) is 18.4. The SMILES string of the molecule is CC[C@H]1CC[C@H](C2CC=C(c3cnc(-c4ccc(C5=C(O)[C@@H]6CCCN6C(=O)[C@H]5NC(=O)c5ccc(C(C)(C)C)s5)cc4)nc3)CC2)CC1. The van der Waals surface area contributed by atoms with Crippen molar-refractivity contribution in [2.24, 2.45) is 17.8 Å². The molecule has 3 atom stereocenters. The zero-order chi connectivity index (χ0) is 34.3. The van der Waals surface area contributed by atoms with Gasteiger partial charge in [-0.05, 0) is 91.4 Å². The highest BCUT2D eigenvalue weighted by molar-refractivity contribution is 7.14. The molecule has 2 amide bonds. The third-order valence-corrected chi connectivity index (χ3v) is 13.1. The van der Waals surface area contributed by atoms with Crippen LogP contribution in [-0.4, -0.2) is 50.4 Å². The largest absolute Gasteiger partial charge is 0.510 e. The zero-order valence-electron chi connectivity index (χ0n) is 29.4. The number of hydrogen-bond donors (Lipinski definition) is 2. The maximum absolute atomic E-state index is 13.8. The number of nitrogens with one attached hydrogen (secondary N) is 1. The number of nitrogens with zero attached hydrogens (tertiary/aromatic N) is 3. The van der Waals surface area contributed by atoms with Gasteiger partial charge in [0.25, 0.3) is 11.8 Å². The number of carbonyl (C=O) groups excluding carboxylic acids is 2. The first-order chi connectivity index (χ1) is 23.6. The average molecular weight is 679 g/mol. The van der Waals surface area contributed by atoms with Gasteiger partial charge in [0.1, 0.15) is 11.8 Å². The first-order valence-corrected chi connectivity index (χ1v) is 19.2. The van der Waals surface area contributed by atoms with Crippen LogP contribution in [0.4, 0.5) is 0 Å². The smallest absolute Gasteiger partial charge is 0.262 e. The van der Waals surface area contributed by atoms with Gasteiger partial charge in [0.2, 0.25) is 0 Å². The maximum Gasteiger partial charge on any atom is 0.262 e. The van der Waals surface area contributed by atoms with E-state index in [2.05, 4.69) is 39.1 Å². The monoisotopic (exact) mass is 678 g/mol. The van der Waals surface area contributed by atoms with Gasteiger partial charge in [-0.1, -0.05) is 77.3 Å². The Labute approximate surface area is 295 Å². The number of thiophene rings is 1. The topological polar surface area (TPSA) is 95.4 Å². The zero-order valence-corrected chi connectivity index (χ0v) is 30.2. The van der Waals surface area contributed by atoms with Gasteiger partial charge in [-0.2, -0.15) is 0 Å². The Bertz CT molecular complexity index is 1740. The number of hydrogen-bond acceptors (Lipinski definition) is 6. The molecule has 2 aromatic heterocycles. The number of carbonyl (C=O) groups is 2. The molecule has 0 bridgehead atoms. The Balaban J connectivity index is 1.06. The molecule has 1 unspecified atom stereocenters. The molecule has 2 aliphatic carbocycles. The lowest BCUT2D eigenvalue weighted by molar-refractivity contribution is -0.133. The van der Waals surface area contributed by atoms with Gasteiger partial charge in [0.05, 0.1) is 10.9 Å². The Morgan fingerprint density at radius 2 is 1.65 bits per heavy atom. The number of aliphatic hydroxyl groups excluding tert-OH is 1. The number of aromatic nitrogens is 2. The summed E-state index contributed by atoms with van der Waals surface area (Å²) in [5, 5.41) is 14.5. The number of allylic oxidation sites excluding steroid dienone is 2. The fourth-order valence-electron chi connectivity index (χ4n) is 8.50. The molecular weight excluding hydrogens is 629 g/mol. The second-order valence-electron chi connectivity index (χ2n) is 15.6. The van der Waals surface area contributed by atoms with Crippen molar-refractivity contribution >= 4 is 34.3 Å². The summed E-state index contributed by atoms with van der Waals surface area (Å²) >= 11 is 1.44. The summed E-state index contributed by atoms with van der Waals surface area (Å²) in [5.41, 5.74) is 4.41. The van der Waals surface area contributed by atoms with Crippen LogP contribution >= 0.6 is 11.3 Å². The molecule has 49 heavy (non-hydrogen) atoms. The Hall–Kier alpha value is -3.78. The first kappa shape index (κ1) is 33.7. The summed E-state index contributed by atoms with van der Waals surface area (Å²) in [7, 11) is 0. The molecule has 1 aromatic carbocycles. The van der Waals surface area contributed by atoms with Crippen LogP contribution in [0.2, 0.25) is 0 Å². The molecule has 0 radical (unpaired) electrons. The molecule has 258 valence electrons. The minimum absolute atomic E-state index is 0.0779. The molecule has 0 spiro atoms. The van der Waals surface area contributed by atoms with Crippen molar-refractivity contribution in [3.8, 4) is 11.4 Å². The molecule has 2 aliphatic heterocycles. The van der Waals surface area contributed by atoms with Gasteiger partial charge in [-0.25, -0.2) is 9.97 Å². The molecule has 3 aromatic rings. The average Bonchev–Trinajstić information content (AvgIpc) is 3.83. The second kappa shape index (κ2) is 13.9. The highest BCUT2D eigenvalue weighted by Gasteiger charge is 2.45. The summed E-state index contributed by atoms with van der Waals surface area (Å²) in [4.78, 5) is 40.1. The van der Waals surface area contributed by atoms with E-state index in [0.717, 1.165) is 53.0 Å². The van der Waals surface area contributed by atoms with Gasteiger partial charge in [0, 0.05) is 40.5 Å². The predicted octanol–water partition coefficient (Wildman–Crippen LogP) is 8.97. The quantitative estimate of drug-likeness (QED) is 0.260. The van der Waals surface area contributed by atoms with E-state index in [4.69, 9.17) is 9.97 Å². The van der Waals surface area contributed by atoms with Crippen molar-refractivity contribution in [3.63, 3.8) is 0 Å². The third kappa shape index (κ3) is 6.86. The van der Waals surface area contributed by atoms with Crippen LogP contribution in [-0.2, 0) is 10.2 Å². The Morgan fingerprint density at radius 1 is 0.939 bits per heavy atom. The number of rotatable bonds is 7. The summed E-state index contributed by atoms with van der Waals surface area (Å²) in [5.74, 6) is 2.96. The van der Waals surface area contributed by atoms with E-state index in [-0.39, 0.29) is 29.0 Å². The molecule has 4 heterocycles. The van der Waals surface area contributed by atoms with Crippen molar-refractivity contribution < 1.29 is 14.7 Å². The van der Waals surface area contributed by atoms with Crippen molar-refractivity contribution in [2.75, 3.05) is 6.54 Å². The molecular formula is C41H50N4O3S. The minimum atomic E-state index is -0.974. The van der Waals surface area contributed by atoms with Crippen molar-refractivity contribution in [2.45, 2.75) is 109 Å². The highest BCUT2D eigenvalue weighted by atomic mass is 32.1. The Morgan fingerprint density at radius 3 is 2.29 bits per heavy atom. The number of amides is 2. The second-order valence-corrected chi connectivity index (χ2v) is 16.7. The number of benzene rings is 1. The van der Waals surface area contributed by atoms with Crippen LogP contribution < -0.4 is 5.32 Å². The summed E-state index contributed by atoms with van der Waals surface area (Å²) < 4.78 is 0. The molecule has 7 rings (SSSR count). The minimum Gasteiger partial charge on any atom is -0.510 e. The lowest BCUT2D eigenvalue weighted by atomic mass is 9.71. The normalized spacial score (nSPS) is 26.0. The molecule has 4 aliphatic rings. The van der Waals surface area contributed by atoms with Crippen LogP contribution in [0.3, 0.4) is 0 Å². The van der Waals surface area contributed by atoms with E-state index >= 15 is 0 Å². The summed E-state index contributed by atoms with van der Waals surface area (Å²) in [6.07, 6.45) is 18.3. The molecule has 2 N–H and O–H groups in total. The van der Waals surface area contributed by atoms with Gasteiger partial charge < -0.3 is 15.3 Å². The standard InChI is InChI=1S/C41H50N4O3S/c1-5-25-8-10-26(11-9-25)27-12-14-28(15-13-27)31-23-42-38(43-24-31)30-18-16-29(17-19-30)35-36(40(48)45-22-6-7-32(45)37(35)46)44-39(47)33-20-21-34(49-33)41(2,3)4/h14,16-21,23-27,32,36,46H,5-13,15,22H2,1-4H3,(H,44,47)/t25-,26-,27?,32-,36-/m0/s1. The molecule has 1 saturated heterocycles. The van der Waals surface area contributed by atoms with Gasteiger partial charge in [-0.15, -0.1) is 11.3 Å². The van der Waals surface area contributed by atoms with Crippen LogP contribution in [0.25, 0.3) is 22.5 Å². The molecule has 7 nitrogen and oxygen atoms in total. The van der Waals surface area contributed by atoms with Crippen molar-refractivity contribution in [1.82, 2.24) is 20.2 Å². The summed E-state index contributed by atoms with van der Waals surface area (Å²) in [6.45, 7) is 9.25. The van der Waals surface area contributed by atoms with Crippen LogP contribution in [0.15, 0.2) is 60.6 Å². The predicted molar refractivity (Wildman–Crippen MR) is 197 cm³/mol. The van der Waals surface area contributed by atoms with Crippen molar-refractivity contribution in [3.05, 3.63) is 81.5 Å². The lowest BCUT2D eigenvalue weighted by Crippen LogP contribution is -2.54. The third-order valence-electron chi connectivity index (χ3n) is 11.6. The highest BCUT2D eigenvalue weighted by Crippen LogP contribution is 2.42. The van der Waals surface area contributed by atoms with E-state index < -0.39 is 6.04 Å². The van der Waals surface area contributed by atoms with Gasteiger partial charge >= 0.3 is 0 Å². The Kier molecular flexibility index (Phi) is 9.53. The molecule has 8 heteroatoms. The van der Waals surface area contributed by atoms with E-state index in [1.165, 1.54) is 55.4 Å². The maximum atomic E-state index is 13.8. The van der Waals surface area contributed by atoms with Gasteiger partial charge in [0.15, 0.2) is 5.82 Å². The lowest BCUT2D eigenvalue weighted by Gasteiger charge is -2.36. The van der Waals surface area contributed by atoms with E-state index in [1.807, 2.05) is 48.8 Å². The fourth-order valence-corrected chi connectivity index (χ4v) is 9.47.